The second-order valence-electron chi connectivity index (χ2n) is 8.89. The van der Waals surface area contributed by atoms with Crippen LogP contribution < -0.4 is 5.32 Å². The molecule has 0 radical (unpaired) electrons. The molecule has 2 spiro atoms. The van der Waals surface area contributed by atoms with E-state index in [0.717, 1.165) is 55.0 Å². The van der Waals surface area contributed by atoms with E-state index in [2.05, 4.69) is 39.4 Å². The number of rotatable bonds is 2. The van der Waals surface area contributed by atoms with Crippen LogP contribution in [0.25, 0.3) is 0 Å². The summed E-state index contributed by atoms with van der Waals surface area (Å²) >= 11 is 9.42. The minimum Gasteiger partial charge on any atom is -0.381 e. The predicted octanol–water partition coefficient (Wildman–Crippen LogP) is 3.67. The van der Waals surface area contributed by atoms with Gasteiger partial charge in [0.25, 0.3) is 5.91 Å². The first kappa shape index (κ1) is 19.9. The van der Waals surface area contributed by atoms with Crippen LogP contribution in [0.2, 0.25) is 0 Å². The number of nitrogens with one attached hydrogen (secondary N) is 1. The van der Waals surface area contributed by atoms with Gasteiger partial charge in [0.05, 0.1) is 6.10 Å². The van der Waals surface area contributed by atoms with Crippen molar-refractivity contribution in [2.24, 2.45) is 5.41 Å². The van der Waals surface area contributed by atoms with E-state index in [1.54, 1.807) is 7.11 Å². The number of benzene rings is 1. The predicted molar refractivity (Wildman–Crippen MR) is 118 cm³/mol. The second-order valence-corrected chi connectivity index (χ2v) is 10.2. The summed E-state index contributed by atoms with van der Waals surface area (Å²) in [5.41, 5.74) is 1.44. The highest BCUT2D eigenvalue weighted by atomic mass is 79.9. The van der Waals surface area contributed by atoms with Crippen LogP contribution in [0.4, 0.5) is 0 Å². The van der Waals surface area contributed by atoms with Crippen molar-refractivity contribution < 1.29 is 14.3 Å². The molecule has 29 heavy (non-hydrogen) atoms. The lowest BCUT2D eigenvalue weighted by atomic mass is 9.61. The third-order valence-electron chi connectivity index (χ3n) is 7.63. The Labute approximate surface area is 185 Å². The number of amides is 1. The number of thiocarbonyl (C=S) groups is 1. The lowest BCUT2D eigenvalue weighted by Crippen LogP contribution is -2.57. The number of hydrogen-bond acceptors (Lipinski definition) is 4. The standard InChI is InChI=1S/C22H27BrN2O3S/c1-27-17-4-8-21(9-5-17)13-14-2-3-15(23)12-18(14)22(21)19(26)25(20(29)24-22)16-6-10-28-11-7-16/h2-3,12,16-17H,4-11,13H2,1H3,(H,24,29). The van der Waals surface area contributed by atoms with E-state index in [0.29, 0.717) is 18.3 Å². The average Bonchev–Trinajstić information content (AvgIpc) is 3.15. The number of nitrogens with zero attached hydrogens (tertiary/aromatic N) is 1. The summed E-state index contributed by atoms with van der Waals surface area (Å²) in [6, 6.07) is 6.51. The molecule has 0 bridgehead atoms. The molecule has 0 aromatic heterocycles. The molecule has 156 valence electrons. The van der Waals surface area contributed by atoms with Crippen molar-refractivity contribution in [1.82, 2.24) is 10.2 Å². The molecule has 1 aromatic carbocycles. The van der Waals surface area contributed by atoms with Crippen LogP contribution in [0.5, 0.6) is 0 Å². The monoisotopic (exact) mass is 478 g/mol. The summed E-state index contributed by atoms with van der Waals surface area (Å²) in [5.74, 6) is 0.141. The summed E-state index contributed by atoms with van der Waals surface area (Å²) in [7, 11) is 1.79. The molecule has 1 aromatic rings. The molecule has 1 amide bonds. The minimum absolute atomic E-state index is 0.124. The first-order chi connectivity index (χ1) is 14.0. The van der Waals surface area contributed by atoms with Gasteiger partial charge in [0.15, 0.2) is 10.7 Å². The van der Waals surface area contributed by atoms with Crippen LogP contribution in [0.3, 0.4) is 0 Å². The number of carbonyl (C=O) groups excluding carboxylic acids is 1. The van der Waals surface area contributed by atoms with Crippen molar-refractivity contribution >= 4 is 39.2 Å². The van der Waals surface area contributed by atoms with E-state index < -0.39 is 5.54 Å². The largest absolute Gasteiger partial charge is 0.381 e. The van der Waals surface area contributed by atoms with Crippen molar-refractivity contribution in [2.75, 3.05) is 20.3 Å². The first-order valence-electron chi connectivity index (χ1n) is 10.6. The van der Waals surface area contributed by atoms with Crippen molar-refractivity contribution in [2.45, 2.75) is 62.6 Å². The molecule has 2 aliphatic carbocycles. The van der Waals surface area contributed by atoms with E-state index in [4.69, 9.17) is 21.7 Å². The van der Waals surface area contributed by atoms with Crippen molar-refractivity contribution in [1.29, 1.82) is 0 Å². The number of methoxy groups -OCH3 is 1. The molecule has 1 atom stereocenters. The van der Waals surface area contributed by atoms with E-state index >= 15 is 0 Å². The van der Waals surface area contributed by atoms with Gasteiger partial charge in [-0.1, -0.05) is 22.0 Å². The van der Waals surface area contributed by atoms with Crippen LogP contribution in [0.15, 0.2) is 22.7 Å². The van der Waals surface area contributed by atoms with Gasteiger partial charge in [0.2, 0.25) is 0 Å². The van der Waals surface area contributed by atoms with Gasteiger partial charge >= 0.3 is 0 Å². The smallest absolute Gasteiger partial charge is 0.260 e. The quantitative estimate of drug-likeness (QED) is 0.657. The lowest BCUT2D eigenvalue weighted by Gasteiger charge is -2.46. The summed E-state index contributed by atoms with van der Waals surface area (Å²) in [6.45, 7) is 1.37. The number of fused-ring (bicyclic) bond motifs is 3. The maximum atomic E-state index is 14.2. The summed E-state index contributed by atoms with van der Waals surface area (Å²) < 4.78 is 12.2. The number of carbonyl (C=O) groups is 1. The fourth-order valence-electron chi connectivity index (χ4n) is 6.13. The third-order valence-corrected chi connectivity index (χ3v) is 8.42. The van der Waals surface area contributed by atoms with Crippen molar-refractivity contribution in [3.05, 3.63) is 33.8 Å². The normalized spacial score (nSPS) is 34.8. The van der Waals surface area contributed by atoms with Gasteiger partial charge in [-0.2, -0.15) is 0 Å². The van der Waals surface area contributed by atoms with Gasteiger partial charge < -0.3 is 14.8 Å². The zero-order valence-corrected chi connectivity index (χ0v) is 19.1. The molecule has 1 N–H and O–H groups in total. The van der Waals surface area contributed by atoms with Gasteiger partial charge in [0, 0.05) is 36.3 Å². The SMILES string of the molecule is COC1CCC2(CC1)Cc1ccc(Br)cc1C21NC(=S)N(C2CCOCC2)C1=O. The molecule has 3 fully saturated rings. The van der Waals surface area contributed by atoms with Crippen LogP contribution in [-0.4, -0.2) is 48.4 Å². The maximum Gasteiger partial charge on any atom is 0.260 e. The first-order valence-corrected chi connectivity index (χ1v) is 11.8. The average molecular weight is 479 g/mol. The Kier molecular flexibility index (Phi) is 5.01. The van der Waals surface area contributed by atoms with E-state index in [9.17, 15) is 4.79 Å². The van der Waals surface area contributed by atoms with Gasteiger partial charge in [-0.25, -0.2) is 0 Å². The van der Waals surface area contributed by atoms with Crippen LogP contribution in [0.1, 0.15) is 49.7 Å². The zero-order chi connectivity index (χ0) is 20.2. The summed E-state index contributed by atoms with van der Waals surface area (Å²) in [4.78, 5) is 16.1. The fraction of sp³-hybridized carbons (Fsp3) is 0.636. The Bertz CT molecular complexity index is 848. The molecular weight excluding hydrogens is 452 g/mol. The number of hydrogen-bond donors (Lipinski definition) is 1. The van der Waals surface area contributed by atoms with Crippen LogP contribution in [0, 0.1) is 5.41 Å². The Morgan fingerprint density at radius 3 is 2.66 bits per heavy atom. The fourth-order valence-corrected chi connectivity index (χ4v) is 6.88. The Morgan fingerprint density at radius 2 is 1.97 bits per heavy atom. The molecule has 2 saturated heterocycles. The molecule has 7 heteroatoms. The minimum atomic E-state index is -0.764. The van der Waals surface area contributed by atoms with Gasteiger partial charge in [0.1, 0.15) is 0 Å². The molecule has 1 saturated carbocycles. The van der Waals surface area contributed by atoms with E-state index in [-0.39, 0.29) is 23.5 Å². The van der Waals surface area contributed by atoms with Crippen LogP contribution in [-0.2, 0) is 26.2 Å². The Balaban J connectivity index is 1.60. The van der Waals surface area contributed by atoms with E-state index in [1.807, 2.05) is 4.90 Å². The number of halogens is 1. The van der Waals surface area contributed by atoms with Gasteiger partial charge in [-0.05, 0) is 80.4 Å². The second kappa shape index (κ2) is 7.29. The third kappa shape index (κ3) is 2.84. The number of ether oxygens (including phenoxy) is 2. The highest BCUT2D eigenvalue weighted by molar-refractivity contribution is 9.10. The highest BCUT2D eigenvalue weighted by Gasteiger charge is 2.67. The zero-order valence-electron chi connectivity index (χ0n) is 16.7. The molecular formula is C22H27BrN2O3S. The van der Waals surface area contributed by atoms with Gasteiger partial charge in [-0.15, -0.1) is 0 Å². The molecule has 1 unspecified atom stereocenters. The summed E-state index contributed by atoms with van der Waals surface area (Å²) in [6.07, 6.45) is 6.75. The highest BCUT2D eigenvalue weighted by Crippen LogP contribution is 2.60. The molecule has 4 aliphatic rings. The molecule has 5 nitrogen and oxygen atoms in total. The van der Waals surface area contributed by atoms with Gasteiger partial charge in [-0.3, -0.25) is 9.69 Å². The molecule has 2 heterocycles. The van der Waals surface area contributed by atoms with Crippen LogP contribution >= 0.6 is 28.1 Å². The lowest BCUT2D eigenvalue weighted by molar-refractivity contribution is -0.141. The Morgan fingerprint density at radius 1 is 1.24 bits per heavy atom. The topological polar surface area (TPSA) is 50.8 Å². The Hall–Kier alpha value is -1.02. The van der Waals surface area contributed by atoms with Crippen molar-refractivity contribution in [3.8, 4) is 0 Å². The molecule has 2 aliphatic heterocycles. The van der Waals surface area contributed by atoms with E-state index in [1.165, 1.54) is 5.56 Å². The summed E-state index contributed by atoms with van der Waals surface area (Å²) in [5, 5.41) is 4.19. The molecule has 5 rings (SSSR count). The maximum absolute atomic E-state index is 14.2. The van der Waals surface area contributed by atoms with Crippen molar-refractivity contribution in [3.63, 3.8) is 0 Å².